The largest absolute Gasteiger partial charge is 0.508 e. The van der Waals surface area contributed by atoms with Gasteiger partial charge in [0.2, 0.25) is 0 Å². The van der Waals surface area contributed by atoms with Crippen LogP contribution < -0.4 is 0 Å². The topological polar surface area (TPSA) is 60.7 Å². The molecule has 168 valence electrons. The molecule has 4 aromatic carbocycles. The van der Waals surface area contributed by atoms with E-state index in [1.54, 1.807) is 36.4 Å². The van der Waals surface area contributed by atoms with E-state index in [9.17, 15) is 15.3 Å². The molecule has 0 bridgehead atoms. The van der Waals surface area contributed by atoms with Crippen molar-refractivity contribution in [1.29, 1.82) is 0 Å². The Balaban J connectivity index is 1.61. The summed E-state index contributed by atoms with van der Waals surface area (Å²) in [5, 5.41) is 29.0. The number of aromatic hydroxyl groups is 3. The summed E-state index contributed by atoms with van der Waals surface area (Å²) in [6, 6.07) is 31.0. The number of aryl methyl sites for hydroxylation is 1. The molecule has 4 rings (SSSR count). The summed E-state index contributed by atoms with van der Waals surface area (Å²) in [4.78, 5) is 0. The maximum Gasteiger partial charge on any atom is 0.115 e. The number of hydrogen-bond donors (Lipinski definition) is 3. The minimum absolute atomic E-state index is 0.185. The fourth-order valence-electron chi connectivity index (χ4n) is 4.38. The van der Waals surface area contributed by atoms with Crippen LogP contribution in [0, 0.1) is 0 Å². The first kappa shape index (κ1) is 22.5. The zero-order valence-electron chi connectivity index (χ0n) is 19.1. The average molecular weight is 439 g/mol. The zero-order valence-corrected chi connectivity index (χ0v) is 19.1. The van der Waals surface area contributed by atoms with Gasteiger partial charge < -0.3 is 15.3 Å². The molecule has 33 heavy (non-hydrogen) atoms. The fourth-order valence-corrected chi connectivity index (χ4v) is 4.38. The van der Waals surface area contributed by atoms with Gasteiger partial charge in [-0.25, -0.2) is 0 Å². The normalized spacial score (nSPS) is 12.4. The molecule has 0 aromatic heterocycles. The lowest BCUT2D eigenvalue weighted by atomic mass is 9.77. The van der Waals surface area contributed by atoms with Gasteiger partial charge in [-0.05, 0) is 77.1 Å². The minimum Gasteiger partial charge on any atom is -0.508 e. The summed E-state index contributed by atoms with van der Waals surface area (Å²) >= 11 is 0. The van der Waals surface area contributed by atoms with Crippen molar-refractivity contribution in [3.05, 3.63) is 125 Å². The van der Waals surface area contributed by atoms with E-state index in [0.29, 0.717) is 0 Å². The van der Waals surface area contributed by atoms with Gasteiger partial charge in [-0.2, -0.15) is 0 Å². The molecular weight excluding hydrogens is 408 g/mol. The first-order valence-electron chi connectivity index (χ1n) is 11.3. The second kappa shape index (κ2) is 9.41. The Morgan fingerprint density at radius 1 is 0.545 bits per heavy atom. The summed E-state index contributed by atoms with van der Waals surface area (Å²) < 4.78 is 0. The van der Waals surface area contributed by atoms with Gasteiger partial charge in [0.1, 0.15) is 17.2 Å². The number of phenolic OH excluding ortho intramolecular Hbond substituents is 3. The Bertz CT molecular complexity index is 1170. The maximum absolute atomic E-state index is 9.75. The highest BCUT2D eigenvalue weighted by atomic mass is 16.3. The number of phenols is 3. The molecule has 3 nitrogen and oxygen atoms in total. The Hall–Kier alpha value is -3.72. The molecule has 3 heteroatoms. The van der Waals surface area contributed by atoms with Crippen LogP contribution in [0.2, 0.25) is 0 Å². The molecule has 0 amide bonds. The van der Waals surface area contributed by atoms with Crippen molar-refractivity contribution in [2.24, 2.45) is 0 Å². The first-order valence-corrected chi connectivity index (χ1v) is 11.3. The number of hydrogen-bond acceptors (Lipinski definition) is 3. The Kier molecular flexibility index (Phi) is 6.41. The van der Waals surface area contributed by atoms with E-state index in [-0.39, 0.29) is 28.6 Å². The standard InChI is InChI=1S/C30H30O3/c1-30(2,25-12-18-28(33)19-13-25)24-10-6-22(7-11-24)29(23-8-16-27(32)17-9-23)20-5-21-3-14-26(31)15-4-21/h3-4,6-19,29,31-33H,5,20H2,1-2H3. The fraction of sp³-hybridized carbons (Fsp3) is 0.200. The molecule has 0 aliphatic carbocycles. The van der Waals surface area contributed by atoms with Gasteiger partial charge in [0, 0.05) is 11.3 Å². The van der Waals surface area contributed by atoms with Crippen LogP contribution in [0.4, 0.5) is 0 Å². The molecule has 0 radical (unpaired) electrons. The molecule has 4 aromatic rings. The molecule has 0 saturated carbocycles. The molecular formula is C30H30O3. The van der Waals surface area contributed by atoms with Gasteiger partial charge in [0.05, 0.1) is 0 Å². The smallest absolute Gasteiger partial charge is 0.115 e. The van der Waals surface area contributed by atoms with Crippen molar-refractivity contribution in [3.8, 4) is 17.2 Å². The lowest BCUT2D eigenvalue weighted by molar-refractivity contribution is 0.474. The van der Waals surface area contributed by atoms with E-state index in [2.05, 4.69) is 38.1 Å². The molecule has 1 atom stereocenters. The maximum atomic E-state index is 9.75. The van der Waals surface area contributed by atoms with Gasteiger partial charge in [0.15, 0.2) is 0 Å². The third-order valence-electron chi connectivity index (χ3n) is 6.58. The molecule has 0 spiro atoms. The van der Waals surface area contributed by atoms with Crippen LogP contribution in [-0.4, -0.2) is 15.3 Å². The van der Waals surface area contributed by atoms with E-state index >= 15 is 0 Å². The van der Waals surface area contributed by atoms with Gasteiger partial charge in [-0.15, -0.1) is 0 Å². The van der Waals surface area contributed by atoms with Gasteiger partial charge in [-0.3, -0.25) is 0 Å². The molecule has 0 aliphatic heterocycles. The monoisotopic (exact) mass is 438 g/mol. The van der Waals surface area contributed by atoms with Crippen LogP contribution >= 0.6 is 0 Å². The van der Waals surface area contributed by atoms with Gasteiger partial charge in [0.25, 0.3) is 0 Å². The molecule has 0 aliphatic rings. The van der Waals surface area contributed by atoms with Crippen molar-refractivity contribution in [3.63, 3.8) is 0 Å². The van der Waals surface area contributed by atoms with Crippen molar-refractivity contribution in [2.75, 3.05) is 0 Å². The number of rotatable bonds is 7. The van der Waals surface area contributed by atoms with Crippen molar-refractivity contribution in [2.45, 2.75) is 38.0 Å². The Morgan fingerprint density at radius 3 is 1.39 bits per heavy atom. The zero-order chi connectivity index (χ0) is 23.4. The van der Waals surface area contributed by atoms with Crippen LogP contribution in [0.3, 0.4) is 0 Å². The second-order valence-corrected chi connectivity index (χ2v) is 9.14. The summed E-state index contributed by atoms with van der Waals surface area (Å²) in [6.45, 7) is 4.38. The number of benzene rings is 4. The SMILES string of the molecule is CC(C)(c1ccc(O)cc1)c1ccc(C(CCc2ccc(O)cc2)c2ccc(O)cc2)cc1. The van der Waals surface area contributed by atoms with Crippen molar-refractivity contribution < 1.29 is 15.3 Å². The van der Waals surface area contributed by atoms with E-state index in [1.807, 2.05) is 36.4 Å². The van der Waals surface area contributed by atoms with Crippen molar-refractivity contribution in [1.82, 2.24) is 0 Å². The van der Waals surface area contributed by atoms with Crippen LogP contribution in [-0.2, 0) is 11.8 Å². The lowest BCUT2D eigenvalue weighted by Crippen LogP contribution is -2.18. The van der Waals surface area contributed by atoms with Crippen LogP contribution in [0.15, 0.2) is 97.1 Å². The van der Waals surface area contributed by atoms with E-state index in [1.165, 1.54) is 16.7 Å². The predicted octanol–water partition coefficient (Wildman–Crippen LogP) is 6.89. The Morgan fingerprint density at radius 2 is 0.909 bits per heavy atom. The highest BCUT2D eigenvalue weighted by Gasteiger charge is 2.24. The third-order valence-corrected chi connectivity index (χ3v) is 6.58. The minimum atomic E-state index is -0.188. The lowest BCUT2D eigenvalue weighted by Gasteiger charge is -2.27. The van der Waals surface area contributed by atoms with E-state index in [0.717, 1.165) is 24.0 Å². The summed E-state index contributed by atoms with van der Waals surface area (Å²) in [7, 11) is 0. The third kappa shape index (κ3) is 5.20. The molecule has 0 saturated heterocycles. The highest BCUT2D eigenvalue weighted by Crippen LogP contribution is 2.35. The van der Waals surface area contributed by atoms with Crippen LogP contribution in [0.5, 0.6) is 17.2 Å². The first-order chi connectivity index (χ1) is 15.8. The quantitative estimate of drug-likeness (QED) is 0.294. The summed E-state index contributed by atoms with van der Waals surface area (Å²) in [6.07, 6.45) is 1.79. The molecule has 0 fully saturated rings. The van der Waals surface area contributed by atoms with Gasteiger partial charge >= 0.3 is 0 Å². The van der Waals surface area contributed by atoms with Crippen LogP contribution in [0.1, 0.15) is 54.0 Å². The molecule has 0 heterocycles. The molecule has 3 N–H and O–H groups in total. The van der Waals surface area contributed by atoms with Crippen LogP contribution in [0.25, 0.3) is 0 Å². The summed E-state index contributed by atoms with van der Waals surface area (Å²) in [5.74, 6) is 1.00. The summed E-state index contributed by atoms with van der Waals surface area (Å²) in [5.41, 5.74) is 5.74. The highest BCUT2D eigenvalue weighted by molar-refractivity contribution is 5.43. The van der Waals surface area contributed by atoms with Crippen molar-refractivity contribution >= 4 is 0 Å². The van der Waals surface area contributed by atoms with E-state index in [4.69, 9.17) is 0 Å². The second-order valence-electron chi connectivity index (χ2n) is 9.14. The Labute approximate surface area is 195 Å². The van der Waals surface area contributed by atoms with Gasteiger partial charge in [-0.1, -0.05) is 74.5 Å². The van der Waals surface area contributed by atoms with E-state index < -0.39 is 0 Å². The predicted molar refractivity (Wildman–Crippen MR) is 133 cm³/mol. The molecule has 1 unspecified atom stereocenters. The average Bonchev–Trinajstić information content (AvgIpc) is 2.82.